The summed E-state index contributed by atoms with van der Waals surface area (Å²) in [6.45, 7) is 1.89. The molecular formula is C12H13NOS. The van der Waals surface area contributed by atoms with Gasteiger partial charge in [0.05, 0.1) is 11.3 Å². The minimum atomic E-state index is -0.0688. The van der Waals surface area contributed by atoms with Crippen LogP contribution in [0.25, 0.3) is 0 Å². The highest BCUT2D eigenvalue weighted by atomic mass is 32.2. The van der Waals surface area contributed by atoms with Crippen LogP contribution in [0, 0.1) is 11.3 Å². The summed E-state index contributed by atoms with van der Waals surface area (Å²) in [5.74, 6) is 0.856. The fourth-order valence-corrected chi connectivity index (χ4v) is 2.04. The molecule has 1 rings (SSSR count). The van der Waals surface area contributed by atoms with Crippen molar-refractivity contribution in [1.82, 2.24) is 0 Å². The van der Waals surface area contributed by atoms with Crippen molar-refractivity contribution in [2.75, 3.05) is 5.75 Å². The zero-order chi connectivity index (χ0) is 11.1. The zero-order valence-electron chi connectivity index (χ0n) is 8.64. The molecular weight excluding hydrogens is 206 g/mol. The standard InChI is InChI=1S/C12H13NOS/c1-10(15-9-5-8-13)12(14)11-6-3-2-4-7-11/h2-4,6-7,10H,5,9H2,1H3. The molecule has 78 valence electrons. The summed E-state index contributed by atoms with van der Waals surface area (Å²) >= 11 is 1.53. The molecule has 1 aromatic carbocycles. The average molecular weight is 219 g/mol. The third kappa shape index (κ3) is 3.77. The first kappa shape index (κ1) is 11.8. The molecule has 15 heavy (non-hydrogen) atoms. The van der Waals surface area contributed by atoms with Gasteiger partial charge in [0.1, 0.15) is 0 Å². The maximum Gasteiger partial charge on any atom is 0.175 e. The summed E-state index contributed by atoms with van der Waals surface area (Å²) in [6.07, 6.45) is 0.497. The van der Waals surface area contributed by atoms with Gasteiger partial charge < -0.3 is 0 Å². The molecule has 0 aliphatic rings. The number of carbonyl (C=O) groups excluding carboxylic acids is 1. The van der Waals surface area contributed by atoms with Crippen molar-refractivity contribution >= 4 is 17.5 Å². The summed E-state index contributed by atoms with van der Waals surface area (Å²) in [6, 6.07) is 11.3. The predicted octanol–water partition coefficient (Wildman–Crippen LogP) is 2.90. The maximum absolute atomic E-state index is 11.8. The molecule has 0 aliphatic carbocycles. The molecule has 1 atom stereocenters. The van der Waals surface area contributed by atoms with E-state index in [4.69, 9.17) is 5.26 Å². The fraction of sp³-hybridized carbons (Fsp3) is 0.333. The van der Waals surface area contributed by atoms with E-state index in [1.165, 1.54) is 11.8 Å². The topological polar surface area (TPSA) is 40.9 Å². The molecule has 1 aromatic rings. The summed E-state index contributed by atoms with van der Waals surface area (Å²) in [5, 5.41) is 8.32. The lowest BCUT2D eigenvalue weighted by atomic mass is 10.1. The van der Waals surface area contributed by atoms with Crippen molar-refractivity contribution in [3.05, 3.63) is 35.9 Å². The van der Waals surface area contributed by atoms with Crippen LogP contribution in [-0.2, 0) is 0 Å². The largest absolute Gasteiger partial charge is 0.293 e. The Hall–Kier alpha value is -1.27. The van der Waals surface area contributed by atoms with Crippen LogP contribution in [0.1, 0.15) is 23.7 Å². The normalized spacial score (nSPS) is 11.7. The average Bonchev–Trinajstić information content (AvgIpc) is 2.29. The number of rotatable bonds is 5. The second-order valence-corrected chi connectivity index (χ2v) is 4.60. The molecule has 0 saturated carbocycles. The Morgan fingerprint density at radius 2 is 2.13 bits per heavy atom. The van der Waals surface area contributed by atoms with Gasteiger partial charge in [-0.3, -0.25) is 4.79 Å². The van der Waals surface area contributed by atoms with Crippen molar-refractivity contribution in [3.8, 4) is 6.07 Å². The van der Waals surface area contributed by atoms with Crippen LogP contribution in [0.5, 0.6) is 0 Å². The first-order valence-corrected chi connectivity index (χ1v) is 5.88. The number of hydrogen-bond acceptors (Lipinski definition) is 3. The number of Topliss-reactive ketones (excluding diaryl/α,β-unsaturated/α-hetero) is 1. The Morgan fingerprint density at radius 1 is 1.47 bits per heavy atom. The van der Waals surface area contributed by atoms with Crippen LogP contribution in [0.2, 0.25) is 0 Å². The molecule has 1 unspecified atom stereocenters. The van der Waals surface area contributed by atoms with Crippen molar-refractivity contribution in [2.45, 2.75) is 18.6 Å². The van der Waals surface area contributed by atoms with Gasteiger partial charge in [-0.2, -0.15) is 5.26 Å². The maximum atomic E-state index is 11.8. The van der Waals surface area contributed by atoms with E-state index >= 15 is 0 Å². The molecule has 0 aliphatic heterocycles. The van der Waals surface area contributed by atoms with Crippen LogP contribution in [0.3, 0.4) is 0 Å². The molecule has 0 radical (unpaired) electrons. The van der Waals surface area contributed by atoms with Gasteiger partial charge in [-0.25, -0.2) is 0 Å². The quantitative estimate of drug-likeness (QED) is 0.564. The number of nitrogens with zero attached hydrogens (tertiary/aromatic N) is 1. The van der Waals surface area contributed by atoms with E-state index in [1.54, 1.807) is 0 Å². The lowest BCUT2D eigenvalue weighted by molar-refractivity contribution is 0.0994. The van der Waals surface area contributed by atoms with Crippen molar-refractivity contribution < 1.29 is 4.79 Å². The van der Waals surface area contributed by atoms with Gasteiger partial charge in [0, 0.05) is 17.7 Å². The number of hydrogen-bond donors (Lipinski definition) is 0. The number of carbonyl (C=O) groups is 1. The highest BCUT2D eigenvalue weighted by Crippen LogP contribution is 2.16. The zero-order valence-corrected chi connectivity index (χ0v) is 9.46. The second kappa shape index (κ2) is 6.26. The van der Waals surface area contributed by atoms with Gasteiger partial charge in [-0.15, -0.1) is 11.8 Å². The van der Waals surface area contributed by atoms with E-state index in [1.807, 2.05) is 37.3 Å². The van der Waals surface area contributed by atoms with Crippen LogP contribution in [0.4, 0.5) is 0 Å². The van der Waals surface area contributed by atoms with Crippen LogP contribution in [0.15, 0.2) is 30.3 Å². The molecule has 0 amide bonds. The molecule has 0 saturated heterocycles. The van der Waals surface area contributed by atoms with E-state index in [0.717, 1.165) is 11.3 Å². The molecule has 0 heterocycles. The fourth-order valence-electron chi connectivity index (χ4n) is 1.19. The van der Waals surface area contributed by atoms with E-state index in [-0.39, 0.29) is 11.0 Å². The molecule has 2 nitrogen and oxygen atoms in total. The predicted molar refractivity (Wildman–Crippen MR) is 62.9 cm³/mol. The van der Waals surface area contributed by atoms with Gasteiger partial charge in [0.15, 0.2) is 5.78 Å². The molecule has 0 spiro atoms. The summed E-state index contributed by atoms with van der Waals surface area (Å²) in [4.78, 5) is 11.8. The number of ketones is 1. The Kier molecular flexibility index (Phi) is 4.92. The van der Waals surface area contributed by atoms with Gasteiger partial charge in [0.2, 0.25) is 0 Å². The van der Waals surface area contributed by atoms with Crippen molar-refractivity contribution in [2.24, 2.45) is 0 Å². The minimum absolute atomic E-state index is 0.0688. The highest BCUT2D eigenvalue weighted by molar-refractivity contribution is 8.00. The highest BCUT2D eigenvalue weighted by Gasteiger charge is 2.14. The third-order valence-corrected chi connectivity index (χ3v) is 3.16. The monoisotopic (exact) mass is 219 g/mol. The molecule has 0 bridgehead atoms. The number of benzene rings is 1. The van der Waals surface area contributed by atoms with E-state index in [0.29, 0.717) is 6.42 Å². The third-order valence-electron chi connectivity index (χ3n) is 2.01. The van der Waals surface area contributed by atoms with Crippen molar-refractivity contribution in [3.63, 3.8) is 0 Å². The number of thioether (sulfide) groups is 1. The summed E-state index contributed by atoms with van der Waals surface area (Å²) < 4.78 is 0. The Labute approximate surface area is 94.3 Å². The lowest BCUT2D eigenvalue weighted by Gasteiger charge is -2.08. The van der Waals surface area contributed by atoms with Gasteiger partial charge in [-0.05, 0) is 6.92 Å². The minimum Gasteiger partial charge on any atom is -0.293 e. The number of nitriles is 1. The van der Waals surface area contributed by atoms with E-state index in [9.17, 15) is 4.79 Å². The summed E-state index contributed by atoms with van der Waals surface area (Å²) in [5.41, 5.74) is 0.745. The van der Waals surface area contributed by atoms with Gasteiger partial charge in [0.25, 0.3) is 0 Å². The van der Waals surface area contributed by atoms with Gasteiger partial charge in [-0.1, -0.05) is 30.3 Å². The molecule has 3 heteroatoms. The molecule has 0 aromatic heterocycles. The van der Waals surface area contributed by atoms with Crippen LogP contribution < -0.4 is 0 Å². The molecule has 0 N–H and O–H groups in total. The first-order chi connectivity index (χ1) is 7.25. The smallest absolute Gasteiger partial charge is 0.175 e. The van der Waals surface area contributed by atoms with E-state index < -0.39 is 0 Å². The molecule has 0 fully saturated rings. The SMILES string of the molecule is CC(SCCC#N)C(=O)c1ccccc1. The first-order valence-electron chi connectivity index (χ1n) is 4.83. The van der Waals surface area contributed by atoms with Gasteiger partial charge >= 0.3 is 0 Å². The van der Waals surface area contributed by atoms with Crippen LogP contribution in [-0.4, -0.2) is 16.8 Å². The van der Waals surface area contributed by atoms with Crippen LogP contribution >= 0.6 is 11.8 Å². The second-order valence-electron chi connectivity index (χ2n) is 3.15. The Balaban J connectivity index is 2.51. The van der Waals surface area contributed by atoms with E-state index in [2.05, 4.69) is 6.07 Å². The Morgan fingerprint density at radius 3 is 2.73 bits per heavy atom. The Bertz CT molecular complexity index is 356. The lowest BCUT2D eigenvalue weighted by Crippen LogP contribution is -2.13. The van der Waals surface area contributed by atoms with Crippen molar-refractivity contribution in [1.29, 1.82) is 5.26 Å². The summed E-state index contributed by atoms with van der Waals surface area (Å²) in [7, 11) is 0.